The van der Waals surface area contributed by atoms with E-state index in [-0.39, 0.29) is 18.6 Å². The maximum Gasteiger partial charge on any atom is 0.260 e. The van der Waals surface area contributed by atoms with Crippen LogP contribution in [0, 0.1) is 0 Å². The molecule has 4 rings (SSSR count). The first-order chi connectivity index (χ1) is 15.1. The van der Waals surface area contributed by atoms with Gasteiger partial charge in [-0.1, -0.05) is 60.7 Å². The third kappa shape index (κ3) is 4.64. The second-order valence-electron chi connectivity index (χ2n) is 7.26. The predicted octanol–water partition coefficient (Wildman–Crippen LogP) is 4.53. The number of aromatic nitrogens is 3. The molecular weight excluding hydrogens is 388 g/mol. The highest BCUT2D eigenvalue weighted by Gasteiger charge is 2.18. The molecule has 0 radical (unpaired) electrons. The molecule has 4 aromatic rings. The van der Waals surface area contributed by atoms with Crippen LogP contribution < -0.4 is 4.74 Å². The molecule has 1 amide bonds. The molecule has 0 aliphatic carbocycles. The second-order valence-corrected chi connectivity index (χ2v) is 7.26. The highest BCUT2D eigenvalue weighted by molar-refractivity contribution is 5.78. The molecule has 6 nitrogen and oxygen atoms in total. The van der Waals surface area contributed by atoms with Gasteiger partial charge in [0.1, 0.15) is 18.4 Å². The van der Waals surface area contributed by atoms with E-state index in [4.69, 9.17) is 4.74 Å². The SMILES string of the molecule is C[C@H](c1ccc(-n2cncn2)cc1)N(C)C(=O)COc1ccccc1-c1ccccc1. The molecule has 0 fully saturated rings. The monoisotopic (exact) mass is 412 g/mol. The first kappa shape index (κ1) is 20.3. The van der Waals surface area contributed by atoms with Gasteiger partial charge in [-0.2, -0.15) is 5.10 Å². The van der Waals surface area contributed by atoms with Crippen LogP contribution in [0.5, 0.6) is 5.75 Å². The molecule has 1 atom stereocenters. The largest absolute Gasteiger partial charge is 0.483 e. The van der Waals surface area contributed by atoms with Crippen LogP contribution in [0.15, 0.2) is 91.5 Å². The number of carbonyl (C=O) groups is 1. The van der Waals surface area contributed by atoms with Gasteiger partial charge >= 0.3 is 0 Å². The molecule has 0 saturated heterocycles. The quantitative estimate of drug-likeness (QED) is 0.447. The molecule has 1 aromatic heterocycles. The van der Waals surface area contributed by atoms with E-state index in [0.29, 0.717) is 5.75 Å². The van der Waals surface area contributed by atoms with E-state index in [1.54, 1.807) is 23.0 Å². The number of rotatable bonds is 7. The number of nitrogens with zero attached hydrogens (tertiary/aromatic N) is 4. The Morgan fingerprint density at radius 2 is 1.71 bits per heavy atom. The van der Waals surface area contributed by atoms with Gasteiger partial charge in [0.05, 0.1) is 11.7 Å². The van der Waals surface area contributed by atoms with Crippen LogP contribution in [0.2, 0.25) is 0 Å². The van der Waals surface area contributed by atoms with Crippen LogP contribution in [0.4, 0.5) is 0 Å². The van der Waals surface area contributed by atoms with Gasteiger partial charge in [-0.25, -0.2) is 9.67 Å². The summed E-state index contributed by atoms with van der Waals surface area (Å²) in [6.07, 6.45) is 3.15. The van der Waals surface area contributed by atoms with Crippen molar-refractivity contribution in [1.82, 2.24) is 19.7 Å². The van der Waals surface area contributed by atoms with Gasteiger partial charge in [-0.3, -0.25) is 4.79 Å². The van der Waals surface area contributed by atoms with Crippen LogP contribution in [0.3, 0.4) is 0 Å². The summed E-state index contributed by atoms with van der Waals surface area (Å²) < 4.78 is 7.61. The number of carbonyl (C=O) groups excluding carboxylic acids is 1. The molecule has 0 bridgehead atoms. The second kappa shape index (κ2) is 9.26. The number of benzene rings is 3. The summed E-state index contributed by atoms with van der Waals surface area (Å²) in [4.78, 5) is 18.5. The Morgan fingerprint density at radius 1 is 1.00 bits per heavy atom. The molecule has 0 saturated carbocycles. The maximum absolute atomic E-state index is 12.8. The fourth-order valence-electron chi connectivity index (χ4n) is 3.38. The molecule has 0 unspecified atom stereocenters. The van der Waals surface area contributed by atoms with Crippen molar-refractivity contribution in [3.63, 3.8) is 0 Å². The van der Waals surface area contributed by atoms with Gasteiger partial charge in [0, 0.05) is 12.6 Å². The first-order valence-corrected chi connectivity index (χ1v) is 10.1. The van der Waals surface area contributed by atoms with Crippen LogP contribution in [-0.2, 0) is 4.79 Å². The molecule has 1 heterocycles. The van der Waals surface area contributed by atoms with Crippen molar-refractivity contribution in [2.45, 2.75) is 13.0 Å². The van der Waals surface area contributed by atoms with E-state index in [1.165, 1.54) is 6.33 Å². The van der Waals surface area contributed by atoms with E-state index < -0.39 is 0 Å². The average molecular weight is 412 g/mol. The zero-order valence-electron chi connectivity index (χ0n) is 17.6. The van der Waals surface area contributed by atoms with Crippen LogP contribution in [0.1, 0.15) is 18.5 Å². The molecule has 156 valence electrons. The lowest BCUT2D eigenvalue weighted by molar-refractivity contribution is -0.133. The molecule has 0 spiro atoms. The van der Waals surface area contributed by atoms with Crippen LogP contribution in [-0.4, -0.2) is 39.2 Å². The fourth-order valence-corrected chi connectivity index (χ4v) is 3.38. The summed E-state index contributed by atoms with van der Waals surface area (Å²) in [7, 11) is 1.80. The summed E-state index contributed by atoms with van der Waals surface area (Å²) in [5, 5.41) is 4.13. The van der Waals surface area contributed by atoms with E-state index in [1.807, 2.05) is 85.8 Å². The third-order valence-corrected chi connectivity index (χ3v) is 5.36. The lowest BCUT2D eigenvalue weighted by Gasteiger charge is -2.25. The highest BCUT2D eigenvalue weighted by Crippen LogP contribution is 2.29. The Morgan fingerprint density at radius 3 is 2.42 bits per heavy atom. The van der Waals surface area contributed by atoms with Crippen molar-refractivity contribution in [3.05, 3.63) is 97.1 Å². The van der Waals surface area contributed by atoms with Crippen molar-refractivity contribution in [3.8, 4) is 22.6 Å². The van der Waals surface area contributed by atoms with Crippen molar-refractivity contribution >= 4 is 5.91 Å². The van der Waals surface area contributed by atoms with Crippen LogP contribution in [0.25, 0.3) is 16.8 Å². The number of likely N-dealkylation sites (N-methyl/N-ethyl adjacent to an activating group) is 1. The van der Waals surface area contributed by atoms with Crippen molar-refractivity contribution in [2.24, 2.45) is 0 Å². The Balaban J connectivity index is 1.41. The van der Waals surface area contributed by atoms with Gasteiger partial charge in [-0.15, -0.1) is 0 Å². The Labute approximate surface area is 181 Å². The predicted molar refractivity (Wildman–Crippen MR) is 120 cm³/mol. The van der Waals surface area contributed by atoms with Gasteiger partial charge < -0.3 is 9.64 Å². The minimum absolute atomic E-state index is 0.0261. The Bertz CT molecular complexity index is 1130. The standard InChI is InChI=1S/C25H24N4O2/c1-19(20-12-14-22(15-13-20)29-18-26-17-27-29)28(2)25(30)16-31-24-11-7-6-10-23(24)21-8-4-3-5-9-21/h3-15,17-19H,16H2,1-2H3/t19-/m1/s1. The molecule has 3 aromatic carbocycles. The van der Waals surface area contributed by atoms with E-state index >= 15 is 0 Å². The number of hydrogen-bond donors (Lipinski definition) is 0. The van der Waals surface area contributed by atoms with Gasteiger partial charge in [0.2, 0.25) is 0 Å². The lowest BCUT2D eigenvalue weighted by atomic mass is 10.1. The zero-order chi connectivity index (χ0) is 21.6. The Kier molecular flexibility index (Phi) is 6.08. The van der Waals surface area contributed by atoms with E-state index in [0.717, 1.165) is 22.4 Å². The van der Waals surface area contributed by atoms with E-state index in [2.05, 4.69) is 10.1 Å². The summed E-state index contributed by atoms with van der Waals surface area (Å²) >= 11 is 0. The number of ether oxygens (including phenoxy) is 1. The molecule has 0 aliphatic rings. The van der Waals surface area contributed by atoms with Crippen molar-refractivity contribution in [1.29, 1.82) is 0 Å². The van der Waals surface area contributed by atoms with Gasteiger partial charge in [0.25, 0.3) is 5.91 Å². The lowest BCUT2D eigenvalue weighted by Crippen LogP contribution is -2.33. The minimum Gasteiger partial charge on any atom is -0.483 e. The summed E-state index contributed by atoms with van der Waals surface area (Å²) in [6, 6.07) is 25.6. The summed E-state index contributed by atoms with van der Waals surface area (Å²) in [5.41, 5.74) is 3.97. The minimum atomic E-state index is -0.0923. The number of amides is 1. The van der Waals surface area contributed by atoms with Crippen molar-refractivity contribution in [2.75, 3.05) is 13.7 Å². The van der Waals surface area contributed by atoms with Crippen molar-refractivity contribution < 1.29 is 9.53 Å². The fraction of sp³-hybridized carbons (Fsp3) is 0.160. The molecule has 31 heavy (non-hydrogen) atoms. The average Bonchev–Trinajstić information content (AvgIpc) is 3.37. The first-order valence-electron chi connectivity index (χ1n) is 10.1. The highest BCUT2D eigenvalue weighted by atomic mass is 16.5. The summed E-state index contributed by atoms with van der Waals surface area (Å²) in [5.74, 6) is 0.607. The number of para-hydroxylation sites is 1. The normalized spacial score (nSPS) is 11.7. The topological polar surface area (TPSA) is 60.2 Å². The molecule has 0 N–H and O–H groups in total. The summed E-state index contributed by atoms with van der Waals surface area (Å²) in [6.45, 7) is 1.97. The van der Waals surface area contributed by atoms with E-state index in [9.17, 15) is 4.79 Å². The smallest absolute Gasteiger partial charge is 0.260 e. The zero-order valence-corrected chi connectivity index (χ0v) is 17.6. The number of hydrogen-bond acceptors (Lipinski definition) is 4. The molecular formula is C25H24N4O2. The molecule has 6 heteroatoms. The molecule has 0 aliphatic heterocycles. The van der Waals surface area contributed by atoms with Gasteiger partial charge in [0.15, 0.2) is 6.61 Å². The maximum atomic E-state index is 12.8. The van der Waals surface area contributed by atoms with Gasteiger partial charge in [-0.05, 0) is 36.2 Å². The van der Waals surface area contributed by atoms with Crippen LogP contribution >= 0.6 is 0 Å². The third-order valence-electron chi connectivity index (χ3n) is 5.36. The Hall–Kier alpha value is -3.93.